The third-order valence-electron chi connectivity index (χ3n) is 2.20. The van der Waals surface area contributed by atoms with Crippen LogP contribution >= 0.6 is 0 Å². The van der Waals surface area contributed by atoms with Crippen LogP contribution in [0, 0.1) is 11.3 Å². The summed E-state index contributed by atoms with van der Waals surface area (Å²) >= 11 is 0. The maximum absolute atomic E-state index is 11.7. The molecule has 0 atom stereocenters. The Hall–Kier alpha value is -1.93. The highest BCUT2D eigenvalue weighted by molar-refractivity contribution is 5.94. The van der Waals surface area contributed by atoms with E-state index in [1.54, 1.807) is 0 Å². The molecule has 0 aromatic carbocycles. The van der Waals surface area contributed by atoms with Gasteiger partial charge in [0.25, 0.3) is 5.91 Å². The highest BCUT2D eigenvalue weighted by Gasteiger charge is 2.05. The summed E-state index contributed by atoms with van der Waals surface area (Å²) < 4.78 is 0. The maximum atomic E-state index is 11.7. The van der Waals surface area contributed by atoms with E-state index in [1.165, 1.54) is 18.5 Å². The van der Waals surface area contributed by atoms with Crippen molar-refractivity contribution < 1.29 is 4.79 Å². The Morgan fingerprint density at radius 3 is 2.94 bits per heavy atom. The standard InChI is InChI=1S/C12H16N4O/c1-16(2)5-3-4-15-12(17)11-6-10(7-13)8-14-9-11/h6,8-9H,3-5H2,1-2H3,(H,15,17). The van der Waals surface area contributed by atoms with Gasteiger partial charge in [-0.2, -0.15) is 5.26 Å². The molecule has 0 bridgehead atoms. The van der Waals surface area contributed by atoms with Gasteiger partial charge in [0, 0.05) is 18.9 Å². The van der Waals surface area contributed by atoms with Crippen molar-refractivity contribution in [3.05, 3.63) is 29.6 Å². The SMILES string of the molecule is CN(C)CCCNC(=O)c1cncc(C#N)c1. The van der Waals surface area contributed by atoms with Crippen LogP contribution in [-0.4, -0.2) is 43.0 Å². The van der Waals surface area contributed by atoms with E-state index in [9.17, 15) is 4.79 Å². The van der Waals surface area contributed by atoms with Crippen molar-refractivity contribution in [1.82, 2.24) is 15.2 Å². The molecule has 1 amide bonds. The number of aromatic nitrogens is 1. The van der Waals surface area contributed by atoms with Gasteiger partial charge in [-0.1, -0.05) is 0 Å². The lowest BCUT2D eigenvalue weighted by atomic mass is 10.2. The van der Waals surface area contributed by atoms with Crippen molar-refractivity contribution in [2.75, 3.05) is 27.2 Å². The third-order valence-corrected chi connectivity index (χ3v) is 2.20. The predicted octanol–water partition coefficient (Wildman–Crippen LogP) is 0.635. The number of nitriles is 1. The first-order valence-corrected chi connectivity index (χ1v) is 5.41. The topological polar surface area (TPSA) is 69.0 Å². The van der Waals surface area contributed by atoms with E-state index in [-0.39, 0.29) is 5.91 Å². The minimum atomic E-state index is -0.187. The molecule has 0 spiro atoms. The average Bonchev–Trinajstić information content (AvgIpc) is 2.34. The molecule has 5 nitrogen and oxygen atoms in total. The van der Waals surface area contributed by atoms with Crippen LogP contribution in [0.25, 0.3) is 0 Å². The Morgan fingerprint density at radius 1 is 1.53 bits per heavy atom. The summed E-state index contributed by atoms with van der Waals surface area (Å²) in [6, 6.07) is 3.49. The lowest BCUT2D eigenvalue weighted by Gasteiger charge is -2.09. The van der Waals surface area contributed by atoms with Crippen LogP contribution in [-0.2, 0) is 0 Å². The zero-order chi connectivity index (χ0) is 12.7. The summed E-state index contributed by atoms with van der Waals surface area (Å²) in [7, 11) is 3.98. The van der Waals surface area contributed by atoms with Crippen LogP contribution in [0.15, 0.2) is 18.5 Å². The quantitative estimate of drug-likeness (QED) is 0.756. The normalized spacial score (nSPS) is 10.0. The monoisotopic (exact) mass is 232 g/mol. The minimum Gasteiger partial charge on any atom is -0.352 e. The highest BCUT2D eigenvalue weighted by Crippen LogP contribution is 2.01. The molecule has 0 aliphatic rings. The summed E-state index contributed by atoms with van der Waals surface area (Å²) in [5.74, 6) is -0.187. The van der Waals surface area contributed by atoms with Gasteiger partial charge in [-0.15, -0.1) is 0 Å². The van der Waals surface area contributed by atoms with Crippen molar-refractivity contribution in [3.63, 3.8) is 0 Å². The number of hydrogen-bond donors (Lipinski definition) is 1. The van der Waals surface area contributed by atoms with Crippen molar-refractivity contribution in [1.29, 1.82) is 5.26 Å². The van der Waals surface area contributed by atoms with E-state index < -0.39 is 0 Å². The van der Waals surface area contributed by atoms with Crippen molar-refractivity contribution in [3.8, 4) is 6.07 Å². The molecule has 1 heterocycles. The molecule has 1 rings (SSSR count). The van der Waals surface area contributed by atoms with Gasteiger partial charge in [-0.25, -0.2) is 0 Å². The second-order valence-electron chi connectivity index (χ2n) is 3.99. The summed E-state index contributed by atoms with van der Waals surface area (Å²) in [4.78, 5) is 17.6. The molecule has 0 unspecified atom stereocenters. The second kappa shape index (κ2) is 6.61. The van der Waals surface area contributed by atoms with Crippen molar-refractivity contribution >= 4 is 5.91 Å². The van der Waals surface area contributed by atoms with Crippen LogP contribution in [0.3, 0.4) is 0 Å². The van der Waals surface area contributed by atoms with E-state index in [2.05, 4.69) is 15.2 Å². The zero-order valence-corrected chi connectivity index (χ0v) is 10.1. The number of nitrogens with zero attached hydrogens (tertiary/aromatic N) is 3. The van der Waals surface area contributed by atoms with Gasteiger partial charge in [-0.05, 0) is 33.1 Å². The molecule has 1 aromatic heterocycles. The van der Waals surface area contributed by atoms with Crippen molar-refractivity contribution in [2.24, 2.45) is 0 Å². The average molecular weight is 232 g/mol. The number of amides is 1. The fraction of sp³-hybridized carbons (Fsp3) is 0.417. The molecular weight excluding hydrogens is 216 g/mol. The molecule has 0 aliphatic carbocycles. The Balaban J connectivity index is 2.44. The van der Waals surface area contributed by atoms with E-state index in [0.29, 0.717) is 17.7 Å². The number of rotatable bonds is 5. The molecule has 5 heteroatoms. The van der Waals surface area contributed by atoms with Crippen LogP contribution in [0.1, 0.15) is 22.3 Å². The molecule has 0 fully saturated rings. The van der Waals surface area contributed by atoms with Gasteiger partial charge in [0.1, 0.15) is 6.07 Å². The maximum Gasteiger partial charge on any atom is 0.252 e. The van der Waals surface area contributed by atoms with Crippen LogP contribution in [0.2, 0.25) is 0 Å². The first-order chi connectivity index (χ1) is 8.13. The van der Waals surface area contributed by atoms with E-state index in [1.807, 2.05) is 20.2 Å². The second-order valence-corrected chi connectivity index (χ2v) is 3.99. The Bertz CT molecular complexity index is 423. The van der Waals surface area contributed by atoms with Gasteiger partial charge in [0.05, 0.1) is 11.1 Å². The Labute approximate surface area is 101 Å². The fourth-order valence-electron chi connectivity index (χ4n) is 1.32. The van der Waals surface area contributed by atoms with Gasteiger partial charge in [-0.3, -0.25) is 9.78 Å². The fourth-order valence-corrected chi connectivity index (χ4v) is 1.32. The van der Waals surface area contributed by atoms with Gasteiger partial charge in [0.15, 0.2) is 0 Å². The molecule has 90 valence electrons. The predicted molar refractivity (Wildman–Crippen MR) is 64.5 cm³/mol. The molecule has 0 aliphatic heterocycles. The molecule has 17 heavy (non-hydrogen) atoms. The summed E-state index contributed by atoms with van der Waals surface area (Å²) in [5, 5.41) is 11.5. The Kier molecular flexibility index (Phi) is 5.11. The summed E-state index contributed by atoms with van der Waals surface area (Å²) in [6.45, 7) is 1.55. The van der Waals surface area contributed by atoms with Crippen molar-refractivity contribution in [2.45, 2.75) is 6.42 Å². The number of nitrogens with one attached hydrogen (secondary N) is 1. The molecule has 1 aromatic rings. The highest BCUT2D eigenvalue weighted by atomic mass is 16.1. The molecule has 0 radical (unpaired) electrons. The van der Waals surface area contributed by atoms with E-state index >= 15 is 0 Å². The summed E-state index contributed by atoms with van der Waals surface area (Å²) in [6.07, 6.45) is 3.79. The molecule has 1 N–H and O–H groups in total. The van der Waals surface area contributed by atoms with Gasteiger partial charge in [0.2, 0.25) is 0 Å². The minimum absolute atomic E-state index is 0.187. The van der Waals surface area contributed by atoms with Gasteiger partial charge >= 0.3 is 0 Å². The number of hydrogen-bond acceptors (Lipinski definition) is 4. The first-order valence-electron chi connectivity index (χ1n) is 5.41. The van der Waals surface area contributed by atoms with E-state index in [0.717, 1.165) is 13.0 Å². The number of carbonyl (C=O) groups is 1. The number of pyridine rings is 1. The first kappa shape index (κ1) is 13.1. The zero-order valence-electron chi connectivity index (χ0n) is 10.1. The summed E-state index contributed by atoms with van der Waals surface area (Å²) in [5.41, 5.74) is 0.819. The number of carbonyl (C=O) groups excluding carboxylic acids is 1. The van der Waals surface area contributed by atoms with Crippen LogP contribution < -0.4 is 5.32 Å². The largest absolute Gasteiger partial charge is 0.352 e. The third kappa shape index (κ3) is 4.62. The smallest absolute Gasteiger partial charge is 0.252 e. The Morgan fingerprint density at radius 2 is 2.29 bits per heavy atom. The molecule has 0 saturated carbocycles. The lowest BCUT2D eigenvalue weighted by Crippen LogP contribution is -2.27. The van der Waals surface area contributed by atoms with Crippen LogP contribution in [0.4, 0.5) is 0 Å². The van der Waals surface area contributed by atoms with Gasteiger partial charge < -0.3 is 10.2 Å². The van der Waals surface area contributed by atoms with Crippen LogP contribution in [0.5, 0.6) is 0 Å². The van der Waals surface area contributed by atoms with E-state index in [4.69, 9.17) is 5.26 Å². The lowest BCUT2D eigenvalue weighted by molar-refractivity contribution is 0.0952. The molecular formula is C12H16N4O. The molecule has 0 saturated heterocycles.